The minimum Gasteiger partial charge on any atom is -0.494 e. The minimum atomic E-state index is 0.0492. The Kier molecular flexibility index (Phi) is 3.35. The smallest absolute Gasteiger partial charge is 0.177 e. The average molecular weight is 230 g/mol. The number of likely N-dealkylation sites (N-methyl/N-ethyl adjacent to an activating group) is 1. The van der Waals surface area contributed by atoms with Gasteiger partial charge in [-0.05, 0) is 25.2 Å². The number of hydrogen-bond donors (Lipinski definition) is 1. The predicted octanol–water partition coefficient (Wildman–Crippen LogP) is 1.65. The zero-order valence-corrected chi connectivity index (χ0v) is 9.86. The summed E-state index contributed by atoms with van der Waals surface area (Å²) >= 11 is 0. The number of pyridine rings is 1. The molecule has 2 rings (SSSR count). The van der Waals surface area contributed by atoms with Crippen molar-refractivity contribution in [2.24, 2.45) is 0 Å². The van der Waals surface area contributed by atoms with Gasteiger partial charge in [-0.15, -0.1) is 0 Å². The van der Waals surface area contributed by atoms with Crippen LogP contribution in [0, 0.1) is 0 Å². The van der Waals surface area contributed by atoms with E-state index in [-0.39, 0.29) is 5.78 Å². The van der Waals surface area contributed by atoms with E-state index < -0.39 is 0 Å². The van der Waals surface area contributed by atoms with Gasteiger partial charge in [-0.25, -0.2) is 0 Å². The third-order valence-corrected chi connectivity index (χ3v) is 2.59. The molecular weight excluding hydrogens is 216 g/mol. The minimum absolute atomic E-state index is 0.0492. The Hall–Kier alpha value is -1.94. The molecule has 0 unspecified atom stereocenters. The number of ether oxygens (including phenoxy) is 1. The number of aromatic nitrogens is 1. The van der Waals surface area contributed by atoms with Crippen molar-refractivity contribution in [3.63, 3.8) is 0 Å². The van der Waals surface area contributed by atoms with Crippen LogP contribution >= 0.6 is 0 Å². The Balaban J connectivity index is 2.62. The second-order valence-corrected chi connectivity index (χ2v) is 3.67. The molecule has 88 valence electrons. The zero-order valence-electron chi connectivity index (χ0n) is 9.86. The molecule has 4 heteroatoms. The first-order valence-electron chi connectivity index (χ1n) is 5.37. The van der Waals surface area contributed by atoms with Crippen LogP contribution in [0.4, 0.5) is 0 Å². The van der Waals surface area contributed by atoms with Gasteiger partial charge in [-0.1, -0.05) is 6.07 Å². The summed E-state index contributed by atoms with van der Waals surface area (Å²) in [5, 5.41) is 3.68. The van der Waals surface area contributed by atoms with Gasteiger partial charge in [0.25, 0.3) is 0 Å². The number of fused-ring (bicyclic) bond motifs is 1. The summed E-state index contributed by atoms with van der Waals surface area (Å²) in [4.78, 5) is 16.2. The highest BCUT2D eigenvalue weighted by atomic mass is 16.5. The molecule has 0 fully saturated rings. The molecule has 1 N–H and O–H groups in total. The van der Waals surface area contributed by atoms with Gasteiger partial charge in [0, 0.05) is 17.1 Å². The lowest BCUT2D eigenvalue weighted by Gasteiger charge is -2.08. The molecule has 0 bridgehead atoms. The first-order valence-corrected chi connectivity index (χ1v) is 5.37. The predicted molar refractivity (Wildman–Crippen MR) is 66.6 cm³/mol. The highest BCUT2D eigenvalue weighted by Gasteiger charge is 2.12. The van der Waals surface area contributed by atoms with Crippen LogP contribution in [0.25, 0.3) is 10.9 Å². The normalized spacial score (nSPS) is 10.5. The highest BCUT2D eigenvalue weighted by Crippen LogP contribution is 2.26. The lowest BCUT2D eigenvalue weighted by atomic mass is 10.0. The number of Topliss-reactive ketones (excluding diaryl/α,β-unsaturated/α-hetero) is 1. The molecule has 1 aromatic carbocycles. The summed E-state index contributed by atoms with van der Waals surface area (Å²) in [5.41, 5.74) is 1.39. The van der Waals surface area contributed by atoms with Crippen LogP contribution in [0.3, 0.4) is 0 Å². The molecule has 0 aliphatic heterocycles. The summed E-state index contributed by atoms with van der Waals surface area (Å²) in [6.07, 6.45) is 1.69. The topological polar surface area (TPSA) is 51.2 Å². The van der Waals surface area contributed by atoms with Gasteiger partial charge in [0.05, 0.1) is 13.7 Å². The Morgan fingerprint density at radius 3 is 2.94 bits per heavy atom. The summed E-state index contributed by atoms with van der Waals surface area (Å²) in [5.74, 6) is 0.731. The molecule has 1 aromatic heterocycles. The lowest BCUT2D eigenvalue weighted by molar-refractivity contribution is 0.0995. The molecule has 4 nitrogen and oxygen atoms in total. The average Bonchev–Trinajstić information content (AvgIpc) is 2.37. The number of methoxy groups -OCH3 is 1. The second kappa shape index (κ2) is 4.93. The summed E-state index contributed by atoms with van der Waals surface area (Å²) in [6, 6.07) is 7.26. The van der Waals surface area contributed by atoms with Crippen LogP contribution in [-0.2, 0) is 0 Å². The molecule has 17 heavy (non-hydrogen) atoms. The van der Waals surface area contributed by atoms with Crippen molar-refractivity contribution in [2.45, 2.75) is 0 Å². The van der Waals surface area contributed by atoms with Crippen LogP contribution < -0.4 is 10.1 Å². The molecule has 0 atom stereocenters. The SMILES string of the molecule is CNCC(=O)c1ccc(OC)c2ncccc12. The number of benzene rings is 1. The molecule has 0 radical (unpaired) electrons. The first-order chi connectivity index (χ1) is 8.27. The van der Waals surface area contributed by atoms with Crippen LogP contribution in [0.2, 0.25) is 0 Å². The second-order valence-electron chi connectivity index (χ2n) is 3.67. The fourth-order valence-electron chi connectivity index (χ4n) is 1.81. The van der Waals surface area contributed by atoms with E-state index in [1.54, 1.807) is 32.5 Å². The Labute approximate surface area is 99.6 Å². The van der Waals surface area contributed by atoms with Crippen LogP contribution in [0.15, 0.2) is 30.5 Å². The number of rotatable bonds is 4. The van der Waals surface area contributed by atoms with Gasteiger partial charge in [0.2, 0.25) is 0 Å². The highest BCUT2D eigenvalue weighted by molar-refractivity contribution is 6.09. The summed E-state index contributed by atoms with van der Waals surface area (Å²) in [7, 11) is 3.35. The van der Waals surface area contributed by atoms with Crippen molar-refractivity contribution in [1.29, 1.82) is 0 Å². The quantitative estimate of drug-likeness (QED) is 0.811. The van der Waals surface area contributed by atoms with Gasteiger partial charge in [0.1, 0.15) is 11.3 Å². The van der Waals surface area contributed by atoms with Crippen molar-refractivity contribution in [2.75, 3.05) is 20.7 Å². The molecule has 0 amide bonds. The number of carbonyl (C=O) groups excluding carboxylic acids is 1. The number of ketones is 1. The third-order valence-electron chi connectivity index (χ3n) is 2.59. The number of hydrogen-bond acceptors (Lipinski definition) is 4. The number of carbonyl (C=O) groups is 1. The number of nitrogens with one attached hydrogen (secondary N) is 1. The molecule has 1 heterocycles. The van der Waals surface area contributed by atoms with E-state index in [0.717, 1.165) is 10.9 Å². The largest absolute Gasteiger partial charge is 0.494 e. The number of nitrogens with zero attached hydrogens (tertiary/aromatic N) is 1. The van der Waals surface area contributed by atoms with Crippen LogP contribution in [0.1, 0.15) is 10.4 Å². The van der Waals surface area contributed by atoms with E-state index in [4.69, 9.17) is 4.74 Å². The molecule has 0 aliphatic rings. The third kappa shape index (κ3) is 2.12. The molecule has 0 saturated heterocycles. The lowest BCUT2D eigenvalue weighted by Crippen LogP contribution is -2.18. The fraction of sp³-hybridized carbons (Fsp3) is 0.231. The zero-order chi connectivity index (χ0) is 12.3. The van der Waals surface area contributed by atoms with Crippen LogP contribution in [-0.4, -0.2) is 31.5 Å². The fourth-order valence-corrected chi connectivity index (χ4v) is 1.81. The summed E-state index contributed by atoms with van der Waals surface area (Å²) < 4.78 is 5.23. The molecule has 0 saturated carbocycles. The molecule has 2 aromatic rings. The van der Waals surface area contributed by atoms with Crippen molar-refractivity contribution < 1.29 is 9.53 Å². The van der Waals surface area contributed by atoms with Crippen LogP contribution in [0.5, 0.6) is 5.75 Å². The summed E-state index contributed by atoms with van der Waals surface area (Å²) in [6.45, 7) is 0.316. The van der Waals surface area contributed by atoms with Gasteiger partial charge in [-0.3, -0.25) is 9.78 Å². The maximum atomic E-state index is 11.9. The molecule has 0 spiro atoms. The molecular formula is C13H14N2O2. The van der Waals surface area contributed by atoms with Gasteiger partial charge in [0.15, 0.2) is 5.78 Å². The maximum absolute atomic E-state index is 11.9. The van der Waals surface area contributed by atoms with E-state index in [1.807, 2.05) is 12.1 Å². The van der Waals surface area contributed by atoms with E-state index in [1.165, 1.54) is 0 Å². The van der Waals surface area contributed by atoms with E-state index in [0.29, 0.717) is 17.9 Å². The van der Waals surface area contributed by atoms with Gasteiger partial charge < -0.3 is 10.1 Å². The van der Waals surface area contributed by atoms with Crippen molar-refractivity contribution in [3.8, 4) is 5.75 Å². The monoisotopic (exact) mass is 230 g/mol. The van der Waals surface area contributed by atoms with Crippen molar-refractivity contribution >= 4 is 16.7 Å². The Morgan fingerprint density at radius 2 is 2.24 bits per heavy atom. The van der Waals surface area contributed by atoms with Crippen molar-refractivity contribution in [1.82, 2.24) is 10.3 Å². The van der Waals surface area contributed by atoms with E-state index in [2.05, 4.69) is 10.3 Å². The van der Waals surface area contributed by atoms with Crippen molar-refractivity contribution in [3.05, 3.63) is 36.0 Å². The van der Waals surface area contributed by atoms with Gasteiger partial charge >= 0.3 is 0 Å². The van der Waals surface area contributed by atoms with E-state index in [9.17, 15) is 4.79 Å². The van der Waals surface area contributed by atoms with E-state index >= 15 is 0 Å². The maximum Gasteiger partial charge on any atom is 0.177 e. The Morgan fingerprint density at radius 1 is 1.41 bits per heavy atom. The standard InChI is InChI=1S/C13H14N2O2/c1-14-8-11(16)9-5-6-12(17-2)13-10(9)4-3-7-15-13/h3-7,14H,8H2,1-2H3. The Bertz CT molecular complexity index is 552. The molecule has 0 aliphatic carbocycles. The van der Waals surface area contributed by atoms with Gasteiger partial charge in [-0.2, -0.15) is 0 Å². The first kappa shape index (κ1) is 11.5.